The molecule has 0 aliphatic carbocycles. The van der Waals surface area contributed by atoms with Gasteiger partial charge in [0.2, 0.25) is 0 Å². The summed E-state index contributed by atoms with van der Waals surface area (Å²) in [7, 11) is 0. The Morgan fingerprint density at radius 1 is 0.958 bits per heavy atom. The van der Waals surface area contributed by atoms with Gasteiger partial charge < -0.3 is 4.90 Å². The van der Waals surface area contributed by atoms with E-state index in [0.717, 1.165) is 30.1 Å². The van der Waals surface area contributed by atoms with E-state index in [1.165, 1.54) is 25.7 Å². The van der Waals surface area contributed by atoms with Gasteiger partial charge in [-0.05, 0) is 37.2 Å². The second-order valence-corrected chi connectivity index (χ2v) is 6.25. The number of pyridine rings is 1. The van der Waals surface area contributed by atoms with Crippen LogP contribution in [-0.2, 0) is 0 Å². The molecule has 124 valence electrons. The molecule has 1 saturated heterocycles. The average molecular weight is 338 g/mol. The van der Waals surface area contributed by atoms with E-state index in [-0.39, 0.29) is 0 Å². The van der Waals surface area contributed by atoms with Crippen molar-refractivity contribution in [3.63, 3.8) is 0 Å². The smallest absolute Gasteiger partial charge is 0.189 e. The summed E-state index contributed by atoms with van der Waals surface area (Å²) in [4.78, 5) is 6.65. The lowest BCUT2D eigenvalue weighted by atomic mass is 10.1. The van der Waals surface area contributed by atoms with Crippen molar-refractivity contribution in [2.24, 2.45) is 5.10 Å². The van der Waals surface area contributed by atoms with Crippen LogP contribution in [0.5, 0.6) is 0 Å². The third kappa shape index (κ3) is 4.38. The summed E-state index contributed by atoms with van der Waals surface area (Å²) < 4.78 is 0. The fourth-order valence-corrected chi connectivity index (χ4v) is 3.04. The molecular weight excluding hydrogens is 316 g/mol. The van der Waals surface area contributed by atoms with E-state index in [1.54, 1.807) is 6.20 Å². The molecule has 1 aromatic heterocycles. The van der Waals surface area contributed by atoms with Gasteiger partial charge in [0.1, 0.15) is 5.71 Å². The topological polar surface area (TPSA) is 40.5 Å². The molecule has 1 N–H and O–H groups in total. The molecule has 3 rings (SSSR count). The highest BCUT2D eigenvalue weighted by atomic mass is 32.1. The third-order valence-corrected chi connectivity index (χ3v) is 4.46. The fourth-order valence-electron chi connectivity index (χ4n) is 2.82. The number of likely N-dealkylation sites (tertiary alicyclic amines) is 1. The van der Waals surface area contributed by atoms with Gasteiger partial charge in [0.15, 0.2) is 5.11 Å². The molecule has 0 spiro atoms. The number of hydrazone groups is 1. The van der Waals surface area contributed by atoms with E-state index < -0.39 is 0 Å². The van der Waals surface area contributed by atoms with Crippen LogP contribution < -0.4 is 5.43 Å². The molecule has 0 amide bonds. The summed E-state index contributed by atoms with van der Waals surface area (Å²) in [6.07, 6.45) is 6.73. The summed E-state index contributed by atoms with van der Waals surface area (Å²) >= 11 is 5.54. The number of hydrogen-bond acceptors (Lipinski definition) is 3. The zero-order valence-electron chi connectivity index (χ0n) is 13.7. The summed E-state index contributed by atoms with van der Waals surface area (Å²) in [6.45, 7) is 2.01. The predicted octanol–water partition coefficient (Wildman–Crippen LogP) is 3.58. The second-order valence-electron chi connectivity index (χ2n) is 5.86. The molecule has 4 nitrogen and oxygen atoms in total. The van der Waals surface area contributed by atoms with Gasteiger partial charge in [-0.1, -0.05) is 49.2 Å². The maximum atomic E-state index is 5.54. The van der Waals surface area contributed by atoms with Crippen molar-refractivity contribution < 1.29 is 0 Å². The first-order valence-corrected chi connectivity index (χ1v) is 8.85. The minimum atomic E-state index is 0.696. The van der Waals surface area contributed by atoms with E-state index in [4.69, 9.17) is 12.2 Å². The molecular formula is C19H22N4S. The van der Waals surface area contributed by atoms with Crippen LogP contribution in [0.25, 0.3) is 0 Å². The number of aromatic nitrogens is 1. The van der Waals surface area contributed by atoms with Gasteiger partial charge in [0, 0.05) is 24.8 Å². The van der Waals surface area contributed by atoms with Crippen molar-refractivity contribution in [3.05, 3.63) is 66.0 Å². The highest BCUT2D eigenvalue weighted by molar-refractivity contribution is 7.80. The summed E-state index contributed by atoms with van der Waals surface area (Å²) in [5.41, 5.74) is 5.73. The molecule has 0 atom stereocenters. The third-order valence-electron chi connectivity index (χ3n) is 4.11. The standard InChI is InChI=1S/C19H22N4S/c24-19(23-14-8-1-2-9-15-23)22-21-18(16-10-4-3-5-11-16)17-12-6-7-13-20-17/h3-7,10-13H,1-2,8-9,14-15H2,(H,22,24)/b21-18+. The van der Waals surface area contributed by atoms with Crippen LogP contribution in [0.1, 0.15) is 36.9 Å². The Morgan fingerprint density at radius 3 is 2.33 bits per heavy atom. The van der Waals surface area contributed by atoms with E-state index >= 15 is 0 Å². The average Bonchev–Trinajstić information content (AvgIpc) is 2.93. The van der Waals surface area contributed by atoms with E-state index in [0.29, 0.717) is 5.11 Å². The van der Waals surface area contributed by atoms with Crippen molar-refractivity contribution in [2.45, 2.75) is 25.7 Å². The first-order chi connectivity index (χ1) is 11.8. The van der Waals surface area contributed by atoms with Crippen LogP contribution in [0.15, 0.2) is 59.8 Å². The van der Waals surface area contributed by atoms with Crippen LogP contribution >= 0.6 is 12.2 Å². The summed E-state index contributed by atoms with van der Waals surface area (Å²) in [5, 5.41) is 5.29. The molecule has 1 fully saturated rings. The van der Waals surface area contributed by atoms with Crippen LogP contribution in [0.3, 0.4) is 0 Å². The summed E-state index contributed by atoms with van der Waals surface area (Å²) in [5.74, 6) is 0. The molecule has 0 saturated carbocycles. The zero-order chi connectivity index (χ0) is 16.6. The predicted molar refractivity (Wildman–Crippen MR) is 102 cm³/mol. The molecule has 0 bridgehead atoms. The molecule has 1 aromatic carbocycles. The Balaban J connectivity index is 1.80. The van der Waals surface area contributed by atoms with Crippen LogP contribution in [0.4, 0.5) is 0 Å². The normalized spacial score (nSPS) is 15.7. The van der Waals surface area contributed by atoms with Gasteiger partial charge in [-0.2, -0.15) is 5.10 Å². The number of nitrogens with one attached hydrogen (secondary N) is 1. The molecule has 0 unspecified atom stereocenters. The molecule has 1 aliphatic rings. The molecule has 2 heterocycles. The first-order valence-electron chi connectivity index (χ1n) is 8.44. The Kier molecular flexibility index (Phi) is 5.90. The summed E-state index contributed by atoms with van der Waals surface area (Å²) in [6, 6.07) is 15.9. The lowest BCUT2D eigenvalue weighted by Crippen LogP contribution is -2.38. The number of hydrogen-bond donors (Lipinski definition) is 1. The SMILES string of the molecule is S=C(N/N=C(\c1ccccc1)c1ccccn1)N1CCCCCC1. The van der Waals surface area contributed by atoms with Crippen LogP contribution in [-0.4, -0.2) is 33.8 Å². The molecule has 2 aromatic rings. The number of rotatable bonds is 3. The van der Waals surface area contributed by atoms with Gasteiger partial charge in [0.05, 0.1) is 5.69 Å². The van der Waals surface area contributed by atoms with Crippen LogP contribution in [0, 0.1) is 0 Å². The highest BCUT2D eigenvalue weighted by Crippen LogP contribution is 2.11. The zero-order valence-corrected chi connectivity index (χ0v) is 14.5. The Bertz CT molecular complexity index is 636. The van der Waals surface area contributed by atoms with E-state index in [9.17, 15) is 0 Å². The maximum Gasteiger partial charge on any atom is 0.189 e. The van der Waals surface area contributed by atoms with Gasteiger partial charge >= 0.3 is 0 Å². The minimum Gasteiger partial charge on any atom is -0.348 e. The second kappa shape index (κ2) is 8.55. The highest BCUT2D eigenvalue weighted by Gasteiger charge is 2.13. The molecule has 0 radical (unpaired) electrons. The first kappa shape index (κ1) is 16.6. The largest absolute Gasteiger partial charge is 0.348 e. The molecule has 24 heavy (non-hydrogen) atoms. The number of benzene rings is 1. The van der Waals surface area contributed by atoms with Crippen molar-refractivity contribution in [1.29, 1.82) is 0 Å². The fraction of sp³-hybridized carbons (Fsp3) is 0.316. The van der Waals surface area contributed by atoms with Crippen molar-refractivity contribution in [3.8, 4) is 0 Å². The molecule has 1 aliphatic heterocycles. The lowest BCUT2D eigenvalue weighted by molar-refractivity contribution is 0.428. The van der Waals surface area contributed by atoms with Crippen molar-refractivity contribution in [1.82, 2.24) is 15.3 Å². The van der Waals surface area contributed by atoms with E-state index in [1.807, 2.05) is 48.5 Å². The van der Waals surface area contributed by atoms with Gasteiger partial charge in [-0.15, -0.1) is 0 Å². The Hall–Kier alpha value is -2.27. The maximum absolute atomic E-state index is 5.54. The Morgan fingerprint density at radius 2 is 1.67 bits per heavy atom. The lowest BCUT2D eigenvalue weighted by Gasteiger charge is -2.22. The Labute approximate surface area is 148 Å². The van der Waals surface area contributed by atoms with Crippen LogP contribution in [0.2, 0.25) is 0 Å². The van der Waals surface area contributed by atoms with Gasteiger partial charge in [0.25, 0.3) is 0 Å². The van der Waals surface area contributed by atoms with Crippen molar-refractivity contribution in [2.75, 3.05) is 13.1 Å². The number of nitrogens with zero attached hydrogens (tertiary/aromatic N) is 3. The quantitative estimate of drug-likeness (QED) is 0.527. The number of thiocarbonyl (C=S) groups is 1. The molecule has 5 heteroatoms. The van der Waals surface area contributed by atoms with Gasteiger partial charge in [-0.25, -0.2) is 0 Å². The monoisotopic (exact) mass is 338 g/mol. The minimum absolute atomic E-state index is 0.696. The van der Waals surface area contributed by atoms with Gasteiger partial charge in [-0.3, -0.25) is 10.4 Å². The van der Waals surface area contributed by atoms with Crippen molar-refractivity contribution >= 4 is 23.0 Å². The van der Waals surface area contributed by atoms with E-state index in [2.05, 4.69) is 20.4 Å².